The zero-order valence-electron chi connectivity index (χ0n) is 11.8. The van der Waals surface area contributed by atoms with Crippen LogP contribution in [0.5, 0.6) is 5.75 Å². The number of nitrogens with one attached hydrogen (secondary N) is 1. The molecule has 1 N–H and O–H groups in total. The van der Waals surface area contributed by atoms with Gasteiger partial charge in [-0.05, 0) is 58.2 Å². The Balaban J connectivity index is 2.04. The minimum atomic E-state index is 0.231. The van der Waals surface area contributed by atoms with Gasteiger partial charge in [0.1, 0.15) is 5.75 Å². The zero-order chi connectivity index (χ0) is 15.4. The van der Waals surface area contributed by atoms with E-state index in [-0.39, 0.29) is 6.04 Å². The van der Waals surface area contributed by atoms with Crippen LogP contribution in [-0.4, -0.2) is 7.11 Å². The van der Waals surface area contributed by atoms with Gasteiger partial charge in [0, 0.05) is 22.1 Å². The summed E-state index contributed by atoms with van der Waals surface area (Å²) in [6.07, 6.45) is 0. The monoisotopic (exact) mass is 431 g/mol. The highest BCUT2D eigenvalue weighted by Gasteiger charge is 2.09. The van der Waals surface area contributed by atoms with E-state index < -0.39 is 0 Å². The molecule has 0 heterocycles. The van der Waals surface area contributed by atoms with Crippen LogP contribution in [0.3, 0.4) is 0 Å². The third kappa shape index (κ3) is 4.46. The highest BCUT2D eigenvalue weighted by Crippen LogP contribution is 2.28. The number of ether oxygens (including phenoxy) is 1. The Morgan fingerprint density at radius 1 is 1.14 bits per heavy atom. The topological polar surface area (TPSA) is 21.3 Å². The van der Waals surface area contributed by atoms with E-state index in [1.54, 1.807) is 7.11 Å². The largest absolute Gasteiger partial charge is 0.496 e. The molecule has 0 spiro atoms. The van der Waals surface area contributed by atoms with Crippen molar-refractivity contribution < 1.29 is 4.74 Å². The minimum absolute atomic E-state index is 0.231. The summed E-state index contributed by atoms with van der Waals surface area (Å²) in [5.74, 6) is 0.839. The third-order valence-corrected chi connectivity index (χ3v) is 4.88. The van der Waals surface area contributed by atoms with Crippen LogP contribution in [-0.2, 0) is 6.54 Å². The van der Waals surface area contributed by atoms with Gasteiger partial charge in [-0.2, -0.15) is 0 Å². The summed E-state index contributed by atoms with van der Waals surface area (Å²) in [4.78, 5) is 0. The first-order chi connectivity index (χ1) is 10.0. The van der Waals surface area contributed by atoms with Gasteiger partial charge in [0.15, 0.2) is 0 Å². The Morgan fingerprint density at radius 3 is 2.52 bits per heavy atom. The number of benzene rings is 2. The molecule has 0 amide bonds. The third-order valence-electron chi connectivity index (χ3n) is 3.29. The van der Waals surface area contributed by atoms with E-state index >= 15 is 0 Å². The van der Waals surface area contributed by atoms with Crippen molar-refractivity contribution in [3.8, 4) is 5.75 Å². The van der Waals surface area contributed by atoms with Crippen LogP contribution in [0.15, 0.2) is 45.3 Å². The molecule has 2 aromatic carbocycles. The second-order valence-electron chi connectivity index (χ2n) is 4.73. The predicted octanol–water partition coefficient (Wildman–Crippen LogP) is 5.72. The molecule has 1 atom stereocenters. The number of hydrogen-bond acceptors (Lipinski definition) is 2. The summed E-state index contributed by atoms with van der Waals surface area (Å²) >= 11 is 13.0. The minimum Gasteiger partial charge on any atom is -0.496 e. The predicted molar refractivity (Wildman–Crippen MR) is 95.1 cm³/mol. The molecule has 0 aliphatic heterocycles. The van der Waals surface area contributed by atoms with Gasteiger partial charge in [0.2, 0.25) is 0 Å². The Kier molecular flexibility index (Phi) is 6.11. The summed E-state index contributed by atoms with van der Waals surface area (Å²) in [5.41, 5.74) is 2.38. The van der Waals surface area contributed by atoms with E-state index in [1.807, 2.05) is 24.3 Å². The highest BCUT2D eigenvalue weighted by molar-refractivity contribution is 9.10. The van der Waals surface area contributed by atoms with Gasteiger partial charge in [0.05, 0.1) is 11.6 Å². The maximum Gasteiger partial charge on any atom is 0.133 e. The summed E-state index contributed by atoms with van der Waals surface area (Å²) in [6, 6.07) is 12.2. The Bertz CT molecular complexity index is 634. The molecular weight excluding hydrogens is 417 g/mol. The fourth-order valence-corrected chi connectivity index (χ4v) is 3.38. The van der Waals surface area contributed by atoms with Crippen molar-refractivity contribution in [2.75, 3.05) is 7.11 Å². The maximum atomic E-state index is 5.95. The first-order valence-electron chi connectivity index (χ1n) is 6.52. The summed E-state index contributed by atoms with van der Waals surface area (Å²) < 4.78 is 7.23. The van der Waals surface area contributed by atoms with Crippen molar-refractivity contribution in [2.45, 2.75) is 19.5 Å². The summed E-state index contributed by atoms with van der Waals surface area (Å²) in [7, 11) is 1.67. The number of halogens is 3. The van der Waals surface area contributed by atoms with Gasteiger partial charge < -0.3 is 10.1 Å². The molecule has 0 saturated heterocycles. The normalized spacial score (nSPS) is 12.2. The van der Waals surface area contributed by atoms with Crippen molar-refractivity contribution in [2.24, 2.45) is 0 Å². The van der Waals surface area contributed by atoms with Crippen molar-refractivity contribution in [1.82, 2.24) is 5.32 Å². The molecule has 1 unspecified atom stereocenters. The SMILES string of the molecule is COc1ccc(C(C)NCc2ccc(Cl)cc2Br)cc1Br. The fourth-order valence-electron chi connectivity index (χ4n) is 2.00. The van der Waals surface area contributed by atoms with Crippen LogP contribution >= 0.6 is 43.5 Å². The molecule has 112 valence electrons. The molecule has 0 fully saturated rings. The number of rotatable bonds is 5. The molecule has 0 aliphatic carbocycles. The average Bonchev–Trinajstić information content (AvgIpc) is 2.46. The van der Waals surface area contributed by atoms with Crippen molar-refractivity contribution in [1.29, 1.82) is 0 Å². The average molecular weight is 434 g/mol. The highest BCUT2D eigenvalue weighted by atomic mass is 79.9. The smallest absolute Gasteiger partial charge is 0.133 e. The van der Waals surface area contributed by atoms with Gasteiger partial charge >= 0.3 is 0 Å². The van der Waals surface area contributed by atoms with Crippen LogP contribution in [0.4, 0.5) is 0 Å². The van der Waals surface area contributed by atoms with E-state index in [0.717, 1.165) is 26.3 Å². The van der Waals surface area contributed by atoms with E-state index in [2.05, 4.69) is 56.2 Å². The van der Waals surface area contributed by atoms with E-state index in [1.165, 1.54) is 11.1 Å². The molecule has 2 aromatic rings. The Labute approximate surface area is 147 Å². The van der Waals surface area contributed by atoms with Gasteiger partial charge in [-0.25, -0.2) is 0 Å². The van der Waals surface area contributed by atoms with Crippen molar-refractivity contribution in [3.63, 3.8) is 0 Å². The molecule has 0 bridgehead atoms. The van der Waals surface area contributed by atoms with Crippen LogP contribution in [0.2, 0.25) is 5.02 Å². The summed E-state index contributed by atoms with van der Waals surface area (Å²) in [6.45, 7) is 2.90. The first kappa shape index (κ1) is 16.8. The fraction of sp³-hybridized carbons (Fsp3) is 0.250. The standard InChI is InChI=1S/C16H16Br2ClNO/c1-10(11-4-6-16(21-2)15(18)7-11)20-9-12-3-5-13(19)8-14(12)17/h3-8,10,20H,9H2,1-2H3. The quantitative estimate of drug-likeness (QED) is 0.651. The molecule has 2 rings (SSSR count). The lowest BCUT2D eigenvalue weighted by atomic mass is 10.1. The van der Waals surface area contributed by atoms with E-state index in [0.29, 0.717) is 0 Å². The molecule has 2 nitrogen and oxygen atoms in total. The molecule has 5 heteroatoms. The summed E-state index contributed by atoms with van der Waals surface area (Å²) in [5, 5.41) is 4.24. The zero-order valence-corrected chi connectivity index (χ0v) is 15.7. The van der Waals surface area contributed by atoms with E-state index in [4.69, 9.17) is 16.3 Å². The van der Waals surface area contributed by atoms with Crippen LogP contribution in [0.1, 0.15) is 24.1 Å². The van der Waals surface area contributed by atoms with Gasteiger partial charge in [-0.3, -0.25) is 0 Å². The molecule has 0 radical (unpaired) electrons. The maximum absolute atomic E-state index is 5.95. The molecular formula is C16H16Br2ClNO. The van der Waals surface area contributed by atoms with Gasteiger partial charge in [-0.1, -0.05) is 39.7 Å². The van der Waals surface area contributed by atoms with Gasteiger partial charge in [0.25, 0.3) is 0 Å². The van der Waals surface area contributed by atoms with Gasteiger partial charge in [-0.15, -0.1) is 0 Å². The van der Waals surface area contributed by atoms with Crippen LogP contribution < -0.4 is 10.1 Å². The lowest BCUT2D eigenvalue weighted by Gasteiger charge is -2.16. The van der Waals surface area contributed by atoms with E-state index in [9.17, 15) is 0 Å². The Hall–Kier alpha value is -0.550. The molecule has 0 aliphatic rings. The molecule has 0 aromatic heterocycles. The number of hydrogen-bond donors (Lipinski definition) is 1. The molecule has 0 saturated carbocycles. The van der Waals surface area contributed by atoms with Crippen LogP contribution in [0.25, 0.3) is 0 Å². The second kappa shape index (κ2) is 7.63. The lowest BCUT2D eigenvalue weighted by molar-refractivity contribution is 0.411. The van der Waals surface area contributed by atoms with Crippen molar-refractivity contribution in [3.05, 3.63) is 61.5 Å². The Morgan fingerprint density at radius 2 is 1.90 bits per heavy atom. The van der Waals surface area contributed by atoms with Crippen LogP contribution in [0, 0.1) is 0 Å². The second-order valence-corrected chi connectivity index (χ2v) is 6.88. The lowest BCUT2D eigenvalue weighted by Crippen LogP contribution is -2.18. The first-order valence-corrected chi connectivity index (χ1v) is 8.48. The van der Waals surface area contributed by atoms with Crippen molar-refractivity contribution >= 4 is 43.5 Å². The number of methoxy groups -OCH3 is 1. The molecule has 21 heavy (non-hydrogen) atoms.